The highest BCUT2D eigenvalue weighted by Crippen LogP contribution is 2.09. The van der Waals surface area contributed by atoms with Crippen molar-refractivity contribution in [3.8, 4) is 0 Å². The lowest BCUT2D eigenvalue weighted by Gasteiger charge is -2.23. The van der Waals surface area contributed by atoms with Crippen LogP contribution in [0.4, 0.5) is 0 Å². The third-order valence-electron chi connectivity index (χ3n) is 2.85. The Morgan fingerprint density at radius 3 is 2.72 bits per heavy atom. The Morgan fingerprint density at radius 1 is 1.61 bits per heavy atom. The molecular formula is C11H22ClN3O3. The zero-order valence-corrected chi connectivity index (χ0v) is 11.7. The molecule has 18 heavy (non-hydrogen) atoms. The molecule has 1 aliphatic rings. The minimum Gasteiger partial charge on any atom is -0.370 e. The number of nitrogens with zero attached hydrogens (tertiary/aromatic N) is 1. The quantitative estimate of drug-likeness (QED) is 0.687. The molecule has 1 fully saturated rings. The van der Waals surface area contributed by atoms with Crippen LogP contribution in [0.5, 0.6) is 0 Å². The van der Waals surface area contributed by atoms with E-state index in [2.05, 4.69) is 5.32 Å². The molecule has 106 valence electrons. The van der Waals surface area contributed by atoms with Gasteiger partial charge in [-0.1, -0.05) is 0 Å². The largest absolute Gasteiger partial charge is 0.370 e. The van der Waals surface area contributed by atoms with E-state index in [-0.39, 0.29) is 36.8 Å². The lowest BCUT2D eigenvalue weighted by molar-refractivity contribution is -0.132. The van der Waals surface area contributed by atoms with Crippen LogP contribution in [-0.2, 0) is 14.3 Å². The number of methoxy groups -OCH3 is 1. The molecule has 0 aromatic heterocycles. The average molecular weight is 280 g/mol. The van der Waals surface area contributed by atoms with Gasteiger partial charge >= 0.3 is 0 Å². The molecule has 2 amide bonds. The molecule has 0 saturated carbocycles. The monoisotopic (exact) mass is 279 g/mol. The second kappa shape index (κ2) is 8.29. The number of hydrogen-bond acceptors (Lipinski definition) is 4. The first-order valence-electron chi connectivity index (χ1n) is 5.89. The number of halogens is 1. The van der Waals surface area contributed by atoms with Crippen molar-refractivity contribution >= 4 is 24.2 Å². The molecule has 1 heterocycles. The summed E-state index contributed by atoms with van der Waals surface area (Å²) < 4.78 is 4.94. The Kier molecular flexibility index (Phi) is 7.90. The van der Waals surface area contributed by atoms with Gasteiger partial charge in [-0.15, -0.1) is 12.4 Å². The van der Waals surface area contributed by atoms with Crippen LogP contribution in [0.2, 0.25) is 0 Å². The summed E-state index contributed by atoms with van der Waals surface area (Å²) >= 11 is 0. The summed E-state index contributed by atoms with van der Waals surface area (Å²) in [4.78, 5) is 24.8. The molecule has 0 radical (unpaired) electrons. The zero-order chi connectivity index (χ0) is 12.8. The third-order valence-corrected chi connectivity index (χ3v) is 2.85. The first-order valence-corrected chi connectivity index (χ1v) is 5.89. The van der Waals surface area contributed by atoms with Gasteiger partial charge in [-0.2, -0.15) is 0 Å². The van der Waals surface area contributed by atoms with E-state index in [1.807, 2.05) is 6.92 Å². The van der Waals surface area contributed by atoms with Gasteiger partial charge in [0.25, 0.3) is 5.91 Å². The standard InChI is InChI=1S/C11H21N3O3.ClH/c1-8(7-14-5-3-4-10(14)15)13-11(16)9(6-12)17-2;/h8-9H,3-7,12H2,1-2H3,(H,13,16);1H. The number of hydrogen-bond donors (Lipinski definition) is 2. The number of nitrogens with two attached hydrogens (primary N) is 1. The number of rotatable bonds is 6. The van der Waals surface area contributed by atoms with Crippen molar-refractivity contribution in [2.45, 2.75) is 31.9 Å². The molecule has 0 aromatic carbocycles. The Morgan fingerprint density at radius 2 is 2.28 bits per heavy atom. The number of carbonyl (C=O) groups is 2. The molecule has 7 heteroatoms. The molecule has 2 atom stereocenters. The van der Waals surface area contributed by atoms with Crippen LogP contribution in [0.25, 0.3) is 0 Å². The van der Waals surface area contributed by atoms with Crippen LogP contribution in [0.15, 0.2) is 0 Å². The SMILES string of the molecule is COC(CN)C(=O)NC(C)CN1CCCC1=O.Cl. The Labute approximate surface area is 114 Å². The fourth-order valence-electron chi connectivity index (χ4n) is 1.92. The highest BCUT2D eigenvalue weighted by atomic mass is 35.5. The van der Waals surface area contributed by atoms with Crippen LogP contribution in [-0.4, -0.2) is 55.6 Å². The fraction of sp³-hybridized carbons (Fsp3) is 0.818. The summed E-state index contributed by atoms with van der Waals surface area (Å²) in [6.07, 6.45) is 0.902. The summed E-state index contributed by atoms with van der Waals surface area (Å²) in [6.45, 7) is 3.35. The van der Waals surface area contributed by atoms with Crippen LogP contribution in [0.3, 0.4) is 0 Å². The normalized spacial score (nSPS) is 18.2. The van der Waals surface area contributed by atoms with Gasteiger partial charge in [-0.3, -0.25) is 9.59 Å². The molecule has 0 spiro atoms. The predicted molar refractivity (Wildman–Crippen MR) is 70.5 cm³/mol. The second-order valence-electron chi connectivity index (χ2n) is 4.31. The highest BCUT2D eigenvalue weighted by molar-refractivity contribution is 5.85. The summed E-state index contributed by atoms with van der Waals surface area (Å²) in [5, 5.41) is 2.79. The molecule has 6 nitrogen and oxygen atoms in total. The van der Waals surface area contributed by atoms with Crippen molar-refractivity contribution in [3.05, 3.63) is 0 Å². The Balaban J connectivity index is 0.00000289. The lowest BCUT2D eigenvalue weighted by atomic mass is 10.2. The number of nitrogens with one attached hydrogen (secondary N) is 1. The molecule has 2 unspecified atom stereocenters. The molecule has 1 aliphatic heterocycles. The summed E-state index contributed by atoms with van der Waals surface area (Å²) in [6, 6.07) is -0.0891. The number of likely N-dealkylation sites (tertiary alicyclic amines) is 1. The van der Waals surface area contributed by atoms with Gasteiger partial charge in [0.2, 0.25) is 5.91 Å². The van der Waals surface area contributed by atoms with Crippen molar-refractivity contribution in [2.75, 3.05) is 26.7 Å². The Hall–Kier alpha value is -0.850. The Bertz CT molecular complexity index is 285. The summed E-state index contributed by atoms with van der Waals surface area (Å²) in [5.74, 6) is -0.0673. The van der Waals surface area contributed by atoms with Gasteiger partial charge in [0, 0.05) is 39.2 Å². The maximum atomic E-state index is 11.7. The fourth-order valence-corrected chi connectivity index (χ4v) is 1.92. The van der Waals surface area contributed by atoms with E-state index in [4.69, 9.17) is 10.5 Å². The average Bonchev–Trinajstić information content (AvgIpc) is 2.66. The van der Waals surface area contributed by atoms with Crippen molar-refractivity contribution in [1.82, 2.24) is 10.2 Å². The van der Waals surface area contributed by atoms with Crippen LogP contribution >= 0.6 is 12.4 Å². The van der Waals surface area contributed by atoms with Crippen molar-refractivity contribution < 1.29 is 14.3 Å². The predicted octanol–water partition coefficient (Wildman–Crippen LogP) is -0.491. The summed E-state index contributed by atoms with van der Waals surface area (Å²) in [5.41, 5.74) is 5.40. The topological polar surface area (TPSA) is 84.7 Å². The van der Waals surface area contributed by atoms with Gasteiger partial charge in [0.15, 0.2) is 0 Å². The lowest BCUT2D eigenvalue weighted by Crippen LogP contribution is -2.48. The van der Waals surface area contributed by atoms with Gasteiger partial charge in [-0.05, 0) is 13.3 Å². The smallest absolute Gasteiger partial charge is 0.250 e. The second-order valence-corrected chi connectivity index (χ2v) is 4.31. The third kappa shape index (κ3) is 4.80. The van der Waals surface area contributed by atoms with Gasteiger partial charge in [-0.25, -0.2) is 0 Å². The zero-order valence-electron chi connectivity index (χ0n) is 10.8. The molecule has 0 bridgehead atoms. The first kappa shape index (κ1) is 17.2. The summed E-state index contributed by atoms with van der Waals surface area (Å²) in [7, 11) is 1.45. The van der Waals surface area contributed by atoms with E-state index in [0.717, 1.165) is 13.0 Å². The maximum absolute atomic E-state index is 11.7. The van der Waals surface area contributed by atoms with E-state index in [1.54, 1.807) is 4.90 Å². The molecular weight excluding hydrogens is 258 g/mol. The van der Waals surface area contributed by atoms with E-state index < -0.39 is 6.10 Å². The van der Waals surface area contributed by atoms with Gasteiger partial charge < -0.3 is 20.7 Å². The van der Waals surface area contributed by atoms with Crippen molar-refractivity contribution in [1.29, 1.82) is 0 Å². The van der Waals surface area contributed by atoms with Gasteiger partial charge in [0.1, 0.15) is 6.10 Å². The van der Waals surface area contributed by atoms with Crippen LogP contribution in [0.1, 0.15) is 19.8 Å². The first-order chi connectivity index (χ1) is 8.08. The van der Waals surface area contributed by atoms with E-state index in [9.17, 15) is 9.59 Å². The van der Waals surface area contributed by atoms with Crippen LogP contribution < -0.4 is 11.1 Å². The molecule has 0 aliphatic carbocycles. The molecule has 1 rings (SSSR count). The molecule has 0 aromatic rings. The van der Waals surface area contributed by atoms with Crippen LogP contribution in [0, 0.1) is 0 Å². The number of ether oxygens (including phenoxy) is 1. The van der Waals surface area contributed by atoms with Crippen molar-refractivity contribution in [3.63, 3.8) is 0 Å². The number of amides is 2. The van der Waals surface area contributed by atoms with E-state index in [0.29, 0.717) is 13.0 Å². The minimum atomic E-state index is -0.619. The van der Waals surface area contributed by atoms with E-state index in [1.165, 1.54) is 7.11 Å². The van der Waals surface area contributed by atoms with Crippen molar-refractivity contribution in [2.24, 2.45) is 5.73 Å². The van der Waals surface area contributed by atoms with E-state index >= 15 is 0 Å². The van der Waals surface area contributed by atoms with Gasteiger partial charge in [0.05, 0.1) is 0 Å². The number of carbonyl (C=O) groups excluding carboxylic acids is 2. The molecule has 3 N–H and O–H groups in total. The highest BCUT2D eigenvalue weighted by Gasteiger charge is 2.23. The molecule has 1 saturated heterocycles. The minimum absolute atomic E-state index is 0. The maximum Gasteiger partial charge on any atom is 0.250 e.